The van der Waals surface area contributed by atoms with E-state index >= 15 is 0 Å². The van der Waals surface area contributed by atoms with Crippen LogP contribution in [-0.4, -0.2) is 33.2 Å². The van der Waals surface area contributed by atoms with Crippen molar-refractivity contribution in [3.05, 3.63) is 30.2 Å². The molecule has 0 saturated carbocycles. The monoisotopic (exact) mass is 273 g/mol. The molecule has 0 spiro atoms. The van der Waals surface area contributed by atoms with Gasteiger partial charge in [0.05, 0.1) is 0 Å². The fourth-order valence-corrected chi connectivity index (χ4v) is 2.47. The first kappa shape index (κ1) is 13.0. The Morgan fingerprint density at radius 3 is 2.80 bits per heavy atom. The molecule has 3 heterocycles. The first-order valence-electron chi connectivity index (χ1n) is 7.09. The van der Waals surface area contributed by atoms with Gasteiger partial charge < -0.3 is 9.42 Å². The molecule has 0 bridgehead atoms. The highest BCUT2D eigenvalue weighted by Crippen LogP contribution is 2.27. The number of nitrogens with zero attached hydrogens (tertiary/aromatic N) is 5. The van der Waals surface area contributed by atoms with E-state index in [0.29, 0.717) is 11.8 Å². The van der Waals surface area contributed by atoms with Gasteiger partial charge >= 0.3 is 0 Å². The minimum Gasteiger partial charge on any atom is -0.340 e. The Hall–Kier alpha value is -1.98. The van der Waals surface area contributed by atoms with Gasteiger partial charge in [-0.25, -0.2) is 9.97 Å². The summed E-state index contributed by atoms with van der Waals surface area (Å²) < 4.78 is 5.31. The zero-order valence-electron chi connectivity index (χ0n) is 11.9. The summed E-state index contributed by atoms with van der Waals surface area (Å²) in [4.78, 5) is 15.3. The summed E-state index contributed by atoms with van der Waals surface area (Å²) in [7, 11) is 0. The molecule has 2 aromatic rings. The second-order valence-corrected chi connectivity index (χ2v) is 5.48. The lowest BCUT2D eigenvalue weighted by Gasteiger charge is -2.31. The molecule has 0 radical (unpaired) electrons. The van der Waals surface area contributed by atoms with Crippen molar-refractivity contribution in [1.29, 1.82) is 0 Å². The predicted octanol–water partition coefficient (Wildman–Crippen LogP) is 2.37. The lowest BCUT2D eigenvalue weighted by molar-refractivity contribution is 0.354. The molecule has 1 atom stereocenters. The average Bonchev–Trinajstić information content (AvgIpc) is 2.98. The van der Waals surface area contributed by atoms with Crippen LogP contribution in [0.4, 0.5) is 5.95 Å². The maximum absolute atomic E-state index is 5.31. The third kappa shape index (κ3) is 2.64. The van der Waals surface area contributed by atoms with Gasteiger partial charge in [-0.15, -0.1) is 0 Å². The van der Waals surface area contributed by atoms with Crippen molar-refractivity contribution in [3.63, 3.8) is 0 Å². The van der Waals surface area contributed by atoms with Gasteiger partial charge in [-0.2, -0.15) is 4.98 Å². The molecule has 0 aliphatic carbocycles. The van der Waals surface area contributed by atoms with Crippen LogP contribution in [0.3, 0.4) is 0 Å². The van der Waals surface area contributed by atoms with E-state index in [0.717, 1.165) is 37.7 Å². The number of anilines is 1. The van der Waals surface area contributed by atoms with Crippen LogP contribution in [0.2, 0.25) is 0 Å². The molecular weight excluding hydrogens is 254 g/mol. The van der Waals surface area contributed by atoms with Crippen molar-refractivity contribution >= 4 is 5.95 Å². The second kappa shape index (κ2) is 5.56. The van der Waals surface area contributed by atoms with Crippen LogP contribution in [0.5, 0.6) is 0 Å². The molecular formula is C14H19N5O. The Kier molecular flexibility index (Phi) is 3.62. The summed E-state index contributed by atoms with van der Waals surface area (Å²) in [6, 6.07) is 1.83. The van der Waals surface area contributed by atoms with Crippen molar-refractivity contribution in [2.45, 2.75) is 38.5 Å². The fraction of sp³-hybridized carbons (Fsp3) is 0.571. The molecule has 6 nitrogen and oxygen atoms in total. The van der Waals surface area contributed by atoms with Crippen LogP contribution in [0, 0.1) is 0 Å². The average molecular weight is 273 g/mol. The SMILES string of the molecule is CC(C)c1nc(C2CCCN(c3ncccn3)C2)no1. The molecule has 1 aliphatic rings. The Bertz CT molecular complexity index is 554. The third-order valence-corrected chi connectivity index (χ3v) is 3.57. The quantitative estimate of drug-likeness (QED) is 0.855. The smallest absolute Gasteiger partial charge is 0.229 e. The van der Waals surface area contributed by atoms with Crippen molar-refractivity contribution in [2.75, 3.05) is 18.0 Å². The van der Waals surface area contributed by atoms with Crippen molar-refractivity contribution in [3.8, 4) is 0 Å². The Balaban J connectivity index is 1.74. The number of rotatable bonds is 3. The van der Waals surface area contributed by atoms with E-state index in [1.807, 2.05) is 6.07 Å². The highest BCUT2D eigenvalue weighted by Gasteiger charge is 2.26. The zero-order valence-corrected chi connectivity index (χ0v) is 11.9. The van der Waals surface area contributed by atoms with Crippen LogP contribution in [0.25, 0.3) is 0 Å². The molecule has 1 fully saturated rings. The van der Waals surface area contributed by atoms with Crippen molar-refractivity contribution < 1.29 is 4.52 Å². The van der Waals surface area contributed by atoms with Crippen LogP contribution >= 0.6 is 0 Å². The molecule has 1 saturated heterocycles. The van der Waals surface area contributed by atoms with E-state index in [2.05, 4.69) is 38.9 Å². The molecule has 0 amide bonds. The largest absolute Gasteiger partial charge is 0.340 e. The summed E-state index contributed by atoms with van der Waals surface area (Å²) in [6.07, 6.45) is 5.73. The van der Waals surface area contributed by atoms with E-state index in [1.54, 1.807) is 12.4 Å². The van der Waals surface area contributed by atoms with E-state index in [9.17, 15) is 0 Å². The van der Waals surface area contributed by atoms with Crippen molar-refractivity contribution in [1.82, 2.24) is 20.1 Å². The predicted molar refractivity (Wildman–Crippen MR) is 74.6 cm³/mol. The summed E-state index contributed by atoms with van der Waals surface area (Å²) in [5, 5.41) is 4.14. The third-order valence-electron chi connectivity index (χ3n) is 3.57. The number of piperidine rings is 1. The molecule has 1 unspecified atom stereocenters. The van der Waals surface area contributed by atoms with Gasteiger partial charge in [-0.1, -0.05) is 19.0 Å². The first-order chi connectivity index (χ1) is 9.74. The maximum Gasteiger partial charge on any atom is 0.229 e. The molecule has 2 aromatic heterocycles. The van der Waals surface area contributed by atoms with E-state index in [1.165, 1.54) is 0 Å². The van der Waals surface area contributed by atoms with Gasteiger partial charge in [0.25, 0.3) is 0 Å². The molecule has 0 aromatic carbocycles. The molecule has 3 rings (SSSR count). The molecule has 106 valence electrons. The van der Waals surface area contributed by atoms with E-state index < -0.39 is 0 Å². The van der Waals surface area contributed by atoms with Gasteiger partial charge in [0, 0.05) is 37.3 Å². The summed E-state index contributed by atoms with van der Waals surface area (Å²) in [5.41, 5.74) is 0. The van der Waals surface area contributed by atoms with Gasteiger partial charge in [0.2, 0.25) is 11.8 Å². The zero-order chi connectivity index (χ0) is 13.9. The molecule has 6 heteroatoms. The Labute approximate surface area is 118 Å². The van der Waals surface area contributed by atoms with Gasteiger partial charge in [0.1, 0.15) is 0 Å². The first-order valence-corrected chi connectivity index (χ1v) is 7.09. The number of hydrogen-bond acceptors (Lipinski definition) is 6. The van der Waals surface area contributed by atoms with Gasteiger partial charge in [0.15, 0.2) is 5.82 Å². The van der Waals surface area contributed by atoms with Gasteiger partial charge in [-0.3, -0.25) is 0 Å². The maximum atomic E-state index is 5.31. The van der Waals surface area contributed by atoms with Gasteiger partial charge in [-0.05, 0) is 18.9 Å². The standard InChI is InChI=1S/C14H19N5O/c1-10(2)13-17-12(18-20-13)11-5-3-8-19(9-11)14-15-6-4-7-16-14/h4,6-7,10-11H,3,5,8-9H2,1-2H3. The second-order valence-electron chi connectivity index (χ2n) is 5.48. The van der Waals surface area contributed by atoms with Crippen LogP contribution < -0.4 is 4.90 Å². The van der Waals surface area contributed by atoms with Crippen LogP contribution in [0.1, 0.15) is 50.2 Å². The van der Waals surface area contributed by atoms with Crippen molar-refractivity contribution in [2.24, 2.45) is 0 Å². The Morgan fingerprint density at radius 1 is 1.30 bits per heavy atom. The lowest BCUT2D eigenvalue weighted by atomic mass is 9.97. The summed E-state index contributed by atoms with van der Waals surface area (Å²) >= 11 is 0. The number of hydrogen-bond donors (Lipinski definition) is 0. The molecule has 1 aliphatic heterocycles. The Morgan fingerprint density at radius 2 is 2.10 bits per heavy atom. The minimum atomic E-state index is 0.272. The van der Waals surface area contributed by atoms with E-state index in [4.69, 9.17) is 4.52 Å². The van der Waals surface area contributed by atoms with Crippen LogP contribution in [-0.2, 0) is 0 Å². The minimum absolute atomic E-state index is 0.272. The summed E-state index contributed by atoms with van der Waals surface area (Å²) in [6.45, 7) is 5.95. The highest BCUT2D eigenvalue weighted by atomic mass is 16.5. The lowest BCUT2D eigenvalue weighted by Crippen LogP contribution is -2.35. The normalized spacial score (nSPS) is 19.6. The van der Waals surface area contributed by atoms with E-state index in [-0.39, 0.29) is 5.92 Å². The topological polar surface area (TPSA) is 67.9 Å². The van der Waals surface area contributed by atoms with Crippen LogP contribution in [0.15, 0.2) is 23.0 Å². The number of aromatic nitrogens is 4. The fourth-order valence-electron chi connectivity index (χ4n) is 2.47. The summed E-state index contributed by atoms with van der Waals surface area (Å²) in [5.74, 6) is 2.88. The molecule has 20 heavy (non-hydrogen) atoms. The highest BCUT2D eigenvalue weighted by molar-refractivity contribution is 5.30. The molecule has 0 N–H and O–H groups in total.